The summed E-state index contributed by atoms with van der Waals surface area (Å²) >= 11 is 0. The van der Waals surface area contributed by atoms with Gasteiger partial charge in [-0.3, -0.25) is 0 Å². The first-order chi connectivity index (χ1) is 11.3. The Morgan fingerprint density at radius 2 is 1.96 bits per heavy atom. The molecule has 1 aliphatic rings. The number of aromatic nitrogens is 5. The summed E-state index contributed by atoms with van der Waals surface area (Å²) in [6.07, 6.45) is 2.77. The maximum absolute atomic E-state index is 4.89. The van der Waals surface area contributed by atoms with Crippen LogP contribution in [0.15, 0.2) is 24.5 Å². The molecule has 2 aromatic heterocycles. The number of fused-ring (bicyclic) bond motifs is 5. The van der Waals surface area contributed by atoms with Crippen molar-refractivity contribution in [3.63, 3.8) is 0 Å². The SMILES string of the molecule is Cc1ccc2c(c1)-c1nc(CC(C)(C)C)nn1Cc1c(C)ncn1-2. The number of rotatable bonds is 1. The molecule has 0 radical (unpaired) electrons. The average molecular weight is 321 g/mol. The second-order valence-electron chi connectivity index (χ2n) is 7.91. The van der Waals surface area contributed by atoms with Crippen molar-refractivity contribution < 1.29 is 0 Å². The number of hydrogen-bond donors (Lipinski definition) is 0. The van der Waals surface area contributed by atoms with Gasteiger partial charge in [0.2, 0.25) is 0 Å². The van der Waals surface area contributed by atoms with Crippen LogP contribution in [-0.4, -0.2) is 24.3 Å². The summed E-state index contributed by atoms with van der Waals surface area (Å²) in [4.78, 5) is 9.39. The van der Waals surface area contributed by atoms with Crippen LogP contribution in [0.4, 0.5) is 0 Å². The van der Waals surface area contributed by atoms with E-state index < -0.39 is 0 Å². The lowest BCUT2D eigenvalue weighted by Crippen LogP contribution is -2.11. The Morgan fingerprint density at radius 3 is 2.71 bits per heavy atom. The predicted octanol–water partition coefficient (Wildman–Crippen LogP) is 3.70. The van der Waals surface area contributed by atoms with E-state index in [9.17, 15) is 0 Å². The van der Waals surface area contributed by atoms with Crippen molar-refractivity contribution in [2.45, 2.75) is 47.6 Å². The molecule has 4 rings (SSSR count). The topological polar surface area (TPSA) is 48.5 Å². The molecule has 0 atom stereocenters. The second kappa shape index (κ2) is 5.03. The zero-order valence-corrected chi connectivity index (χ0v) is 15.0. The number of nitrogens with zero attached hydrogens (tertiary/aromatic N) is 5. The van der Waals surface area contributed by atoms with E-state index in [1.165, 1.54) is 11.3 Å². The van der Waals surface area contributed by atoms with Crippen LogP contribution in [-0.2, 0) is 13.0 Å². The lowest BCUT2D eigenvalue weighted by Gasteiger charge is -2.15. The minimum absolute atomic E-state index is 0.167. The molecule has 0 spiro atoms. The van der Waals surface area contributed by atoms with Gasteiger partial charge in [-0.1, -0.05) is 32.4 Å². The fourth-order valence-electron chi connectivity index (χ4n) is 3.29. The summed E-state index contributed by atoms with van der Waals surface area (Å²) in [6.45, 7) is 11.5. The van der Waals surface area contributed by atoms with Crippen LogP contribution in [0.2, 0.25) is 0 Å². The predicted molar refractivity (Wildman–Crippen MR) is 94.3 cm³/mol. The van der Waals surface area contributed by atoms with Gasteiger partial charge in [0.1, 0.15) is 0 Å². The summed E-state index contributed by atoms with van der Waals surface area (Å²) < 4.78 is 4.21. The molecule has 3 heterocycles. The van der Waals surface area contributed by atoms with Crippen LogP contribution in [0.25, 0.3) is 17.1 Å². The van der Waals surface area contributed by atoms with Crippen molar-refractivity contribution >= 4 is 0 Å². The number of imidazole rings is 1. The zero-order valence-electron chi connectivity index (χ0n) is 15.0. The van der Waals surface area contributed by atoms with Crippen LogP contribution >= 0.6 is 0 Å². The normalized spacial score (nSPS) is 13.2. The molecule has 0 bridgehead atoms. The van der Waals surface area contributed by atoms with E-state index in [2.05, 4.69) is 62.4 Å². The third kappa shape index (κ3) is 2.44. The van der Waals surface area contributed by atoms with Crippen molar-refractivity contribution in [2.24, 2.45) is 5.41 Å². The lowest BCUT2D eigenvalue weighted by atomic mass is 9.92. The Hall–Kier alpha value is -2.43. The van der Waals surface area contributed by atoms with E-state index in [1.807, 2.05) is 11.0 Å². The summed E-state index contributed by atoms with van der Waals surface area (Å²) in [6, 6.07) is 6.49. The first kappa shape index (κ1) is 15.1. The third-order valence-corrected chi connectivity index (χ3v) is 4.43. The molecule has 5 nitrogen and oxygen atoms in total. The van der Waals surface area contributed by atoms with Gasteiger partial charge in [-0.2, -0.15) is 5.10 Å². The highest BCUT2D eigenvalue weighted by Crippen LogP contribution is 2.32. The van der Waals surface area contributed by atoms with E-state index in [1.54, 1.807) is 0 Å². The monoisotopic (exact) mass is 321 g/mol. The molecule has 0 aliphatic carbocycles. The molecular weight excluding hydrogens is 298 g/mol. The van der Waals surface area contributed by atoms with Crippen molar-refractivity contribution in [1.82, 2.24) is 24.3 Å². The minimum atomic E-state index is 0.167. The highest BCUT2D eigenvalue weighted by Gasteiger charge is 2.25. The smallest absolute Gasteiger partial charge is 0.160 e. The molecule has 5 heteroatoms. The molecule has 0 fully saturated rings. The Kier molecular flexibility index (Phi) is 3.17. The second-order valence-corrected chi connectivity index (χ2v) is 7.91. The van der Waals surface area contributed by atoms with Crippen LogP contribution in [0.1, 0.15) is 43.5 Å². The molecule has 124 valence electrons. The van der Waals surface area contributed by atoms with Crippen LogP contribution < -0.4 is 0 Å². The van der Waals surface area contributed by atoms with E-state index in [4.69, 9.17) is 10.1 Å². The average Bonchev–Trinajstić information content (AvgIpc) is 2.99. The standard InChI is InChI=1S/C19H23N5/c1-12-6-7-15-14(8-12)18-21-17(9-19(3,4)5)22-24(18)10-16-13(2)20-11-23(15)16/h6-8,11H,9-10H2,1-5H3. The minimum Gasteiger partial charge on any atom is -0.300 e. The molecule has 1 aromatic carbocycles. The zero-order chi connectivity index (χ0) is 17.1. The van der Waals surface area contributed by atoms with Gasteiger partial charge in [-0.15, -0.1) is 0 Å². The summed E-state index contributed by atoms with van der Waals surface area (Å²) in [5.41, 5.74) is 5.86. The van der Waals surface area contributed by atoms with Crippen LogP contribution in [0, 0.1) is 19.3 Å². The number of aryl methyl sites for hydroxylation is 2. The van der Waals surface area contributed by atoms with Crippen molar-refractivity contribution in [1.29, 1.82) is 0 Å². The van der Waals surface area contributed by atoms with Gasteiger partial charge in [0.05, 0.1) is 29.9 Å². The largest absolute Gasteiger partial charge is 0.300 e. The first-order valence-corrected chi connectivity index (χ1v) is 8.40. The van der Waals surface area contributed by atoms with Crippen molar-refractivity contribution in [3.8, 4) is 17.1 Å². The molecule has 0 saturated heterocycles. The molecule has 0 amide bonds. The molecule has 3 aromatic rings. The summed E-state index contributed by atoms with van der Waals surface area (Å²) in [5.74, 6) is 1.87. The molecule has 0 N–H and O–H groups in total. The van der Waals surface area contributed by atoms with E-state index in [-0.39, 0.29) is 5.41 Å². The molecule has 0 unspecified atom stereocenters. The van der Waals surface area contributed by atoms with Gasteiger partial charge < -0.3 is 4.57 Å². The summed E-state index contributed by atoms with van der Waals surface area (Å²) in [5, 5.41) is 4.81. The van der Waals surface area contributed by atoms with Gasteiger partial charge >= 0.3 is 0 Å². The highest BCUT2D eigenvalue weighted by molar-refractivity contribution is 5.70. The molecule has 0 saturated carbocycles. The van der Waals surface area contributed by atoms with Gasteiger partial charge in [-0.05, 0) is 31.4 Å². The highest BCUT2D eigenvalue weighted by atomic mass is 15.4. The number of benzene rings is 1. The van der Waals surface area contributed by atoms with Crippen molar-refractivity contribution in [2.75, 3.05) is 0 Å². The quantitative estimate of drug-likeness (QED) is 0.537. The molecule has 24 heavy (non-hydrogen) atoms. The fourth-order valence-corrected chi connectivity index (χ4v) is 3.29. The first-order valence-electron chi connectivity index (χ1n) is 8.40. The van der Waals surface area contributed by atoms with Crippen LogP contribution in [0.3, 0.4) is 0 Å². The lowest BCUT2D eigenvalue weighted by molar-refractivity contribution is 0.399. The maximum atomic E-state index is 4.89. The van der Waals surface area contributed by atoms with Crippen molar-refractivity contribution in [3.05, 3.63) is 47.3 Å². The van der Waals surface area contributed by atoms with Crippen LogP contribution in [0.5, 0.6) is 0 Å². The fraction of sp³-hybridized carbons (Fsp3) is 0.421. The van der Waals surface area contributed by atoms with Gasteiger partial charge in [-0.25, -0.2) is 14.6 Å². The van der Waals surface area contributed by atoms with Gasteiger partial charge in [0.15, 0.2) is 11.6 Å². The van der Waals surface area contributed by atoms with E-state index in [0.717, 1.165) is 35.0 Å². The number of hydrogen-bond acceptors (Lipinski definition) is 3. The Bertz CT molecular complexity index is 924. The van der Waals surface area contributed by atoms with E-state index >= 15 is 0 Å². The third-order valence-electron chi connectivity index (χ3n) is 4.43. The maximum Gasteiger partial charge on any atom is 0.160 e. The molecular formula is C19H23N5. The Morgan fingerprint density at radius 1 is 1.17 bits per heavy atom. The Balaban J connectivity index is 1.94. The van der Waals surface area contributed by atoms with E-state index in [0.29, 0.717) is 6.54 Å². The van der Waals surface area contributed by atoms with Gasteiger partial charge in [0, 0.05) is 12.0 Å². The summed E-state index contributed by atoms with van der Waals surface area (Å²) in [7, 11) is 0. The molecule has 1 aliphatic heterocycles. The Labute approximate surface area is 142 Å². The van der Waals surface area contributed by atoms with Gasteiger partial charge in [0.25, 0.3) is 0 Å².